The van der Waals surface area contributed by atoms with E-state index in [2.05, 4.69) is 13.8 Å². The van der Waals surface area contributed by atoms with Crippen LogP contribution in [0.5, 0.6) is 5.75 Å². The van der Waals surface area contributed by atoms with Crippen molar-refractivity contribution in [3.63, 3.8) is 0 Å². The largest absolute Gasteiger partial charge is 0.575 e. The van der Waals surface area contributed by atoms with Gasteiger partial charge in [-0.2, -0.15) is 13.9 Å². The molecule has 4 aromatic rings. The molecule has 0 amide bonds. The van der Waals surface area contributed by atoms with Gasteiger partial charge in [0.15, 0.2) is 6.10 Å². The lowest BCUT2D eigenvalue weighted by Crippen LogP contribution is -2.62. The van der Waals surface area contributed by atoms with Gasteiger partial charge in [0.2, 0.25) is 6.29 Å². The van der Waals surface area contributed by atoms with E-state index in [0.717, 1.165) is 42.4 Å². The lowest BCUT2D eigenvalue weighted by atomic mass is 9.98. The minimum atomic E-state index is -3.87. The smallest absolute Gasteiger partial charge is 0.482 e. The van der Waals surface area contributed by atoms with Crippen molar-refractivity contribution in [2.45, 2.75) is 90.1 Å². The Hall–Kier alpha value is -3.21. The summed E-state index contributed by atoms with van der Waals surface area (Å²) in [7, 11) is -3.87. The number of ether oxygens (including phenoxy) is 5. The second-order valence-electron chi connectivity index (χ2n) is 12.4. The molecule has 4 aromatic carbocycles. The van der Waals surface area contributed by atoms with Crippen LogP contribution >= 0.6 is 8.17 Å². The zero-order valence-corrected chi connectivity index (χ0v) is 30.6. The van der Waals surface area contributed by atoms with E-state index >= 15 is 0 Å². The van der Waals surface area contributed by atoms with Gasteiger partial charge in [-0.05, 0) is 41.7 Å². The van der Waals surface area contributed by atoms with Crippen LogP contribution in [0.1, 0.15) is 56.2 Å². The molecule has 0 saturated carbocycles. The summed E-state index contributed by atoms with van der Waals surface area (Å²) in [6.45, 7) is 5.74. The molecular weight excluding hydrogens is 667 g/mol. The van der Waals surface area contributed by atoms with E-state index in [1.54, 1.807) is 0 Å². The highest BCUT2D eigenvalue weighted by Crippen LogP contribution is 2.60. The minimum absolute atomic E-state index is 0.154. The lowest BCUT2D eigenvalue weighted by Gasteiger charge is -2.45. The van der Waals surface area contributed by atoms with Crippen molar-refractivity contribution < 1.29 is 42.1 Å². The van der Waals surface area contributed by atoms with Gasteiger partial charge in [0.1, 0.15) is 37.3 Å². The number of para-hydroxylation sites is 1. The standard InChI is InChI=1S/C41H52O9P/c1-3-5-27-46-51(42,47-28-6-4-2)50-41-40(48-36-25-17-10-18-26-36)39(45-31-35-23-15-9-16-24-35)38(44-30-34-21-13-8-14-22-34)37(49-41)32-43-29-33-19-11-7-12-20-33/h7-26,37-42H,3-6,27-32H2,1-2H3/q+1/t37?,38-,39?,40+,41?/m0/s1. The van der Waals surface area contributed by atoms with E-state index in [9.17, 15) is 4.89 Å². The quantitative estimate of drug-likeness (QED) is 0.0632. The molecule has 51 heavy (non-hydrogen) atoms. The van der Waals surface area contributed by atoms with Crippen molar-refractivity contribution in [1.82, 2.24) is 0 Å². The first-order valence-corrected chi connectivity index (χ1v) is 19.5. The zero-order chi connectivity index (χ0) is 35.6. The first kappa shape index (κ1) is 39.0. The zero-order valence-electron chi connectivity index (χ0n) is 29.7. The predicted molar refractivity (Wildman–Crippen MR) is 198 cm³/mol. The third kappa shape index (κ3) is 12.8. The maximum Gasteiger partial charge on any atom is 0.575 e. The molecule has 0 spiro atoms. The Morgan fingerprint density at radius 3 is 1.57 bits per heavy atom. The average Bonchev–Trinajstić information content (AvgIpc) is 3.16. The lowest BCUT2D eigenvalue weighted by molar-refractivity contribution is -0.299. The first-order chi connectivity index (χ1) is 25.1. The maximum absolute atomic E-state index is 11.8. The van der Waals surface area contributed by atoms with Gasteiger partial charge in [-0.3, -0.25) is 0 Å². The molecule has 274 valence electrons. The van der Waals surface area contributed by atoms with Crippen LogP contribution in [0.15, 0.2) is 121 Å². The van der Waals surface area contributed by atoms with Crippen LogP contribution in [-0.4, -0.2) is 55.4 Å². The number of benzene rings is 4. The summed E-state index contributed by atoms with van der Waals surface area (Å²) in [5.41, 5.74) is 3.00. The van der Waals surface area contributed by atoms with Gasteiger partial charge in [-0.1, -0.05) is 136 Å². The van der Waals surface area contributed by atoms with E-state index in [-0.39, 0.29) is 26.4 Å². The molecule has 5 atom stereocenters. The monoisotopic (exact) mass is 719 g/mol. The van der Waals surface area contributed by atoms with Gasteiger partial charge in [-0.15, -0.1) is 4.52 Å². The molecule has 1 fully saturated rings. The molecule has 10 heteroatoms. The van der Waals surface area contributed by atoms with E-state index in [1.807, 2.05) is 121 Å². The van der Waals surface area contributed by atoms with Gasteiger partial charge in [0, 0.05) is 0 Å². The SMILES string of the molecule is CCCCO[P+](O)(OCCCC)OC1OC(COCc2ccccc2)[C@H](OCc2ccccc2)C(OCc2ccccc2)[C@H]1Oc1ccccc1. The molecule has 1 aliphatic heterocycles. The molecule has 1 saturated heterocycles. The maximum atomic E-state index is 11.8. The number of unbranched alkanes of at least 4 members (excludes halogenated alkanes) is 2. The van der Waals surface area contributed by atoms with Crippen LogP contribution < -0.4 is 4.74 Å². The molecule has 0 bridgehead atoms. The Morgan fingerprint density at radius 2 is 1.06 bits per heavy atom. The summed E-state index contributed by atoms with van der Waals surface area (Å²) in [5, 5.41) is 0. The van der Waals surface area contributed by atoms with E-state index in [1.165, 1.54) is 0 Å². The van der Waals surface area contributed by atoms with Crippen molar-refractivity contribution in [2.75, 3.05) is 19.8 Å². The van der Waals surface area contributed by atoms with Crippen molar-refractivity contribution in [1.29, 1.82) is 0 Å². The molecule has 1 N–H and O–H groups in total. The molecule has 0 aliphatic carbocycles. The van der Waals surface area contributed by atoms with Crippen molar-refractivity contribution in [2.24, 2.45) is 0 Å². The average molecular weight is 720 g/mol. The van der Waals surface area contributed by atoms with Gasteiger partial charge in [0.05, 0.1) is 26.4 Å². The highest BCUT2D eigenvalue weighted by atomic mass is 31.2. The number of hydrogen-bond donors (Lipinski definition) is 1. The van der Waals surface area contributed by atoms with Crippen LogP contribution in [0.25, 0.3) is 0 Å². The summed E-state index contributed by atoms with van der Waals surface area (Å²) in [6.07, 6.45) is -0.939. The number of hydrogen-bond acceptors (Lipinski definition) is 9. The molecular formula is C41H52O9P+. The van der Waals surface area contributed by atoms with Crippen LogP contribution in [0.4, 0.5) is 0 Å². The molecule has 5 rings (SSSR count). The molecule has 1 heterocycles. The molecule has 3 unspecified atom stereocenters. The Labute approximate surface area is 303 Å². The van der Waals surface area contributed by atoms with Crippen LogP contribution in [0.2, 0.25) is 0 Å². The molecule has 0 aromatic heterocycles. The van der Waals surface area contributed by atoms with Crippen LogP contribution in [0, 0.1) is 0 Å². The molecule has 0 radical (unpaired) electrons. The molecule has 1 aliphatic rings. The van der Waals surface area contributed by atoms with Crippen molar-refractivity contribution in [3.8, 4) is 5.75 Å². The third-order valence-electron chi connectivity index (χ3n) is 8.31. The Balaban J connectivity index is 1.50. The summed E-state index contributed by atoms with van der Waals surface area (Å²) in [4.78, 5) is 11.8. The van der Waals surface area contributed by atoms with Gasteiger partial charge in [-0.25, -0.2) is 0 Å². The number of rotatable bonds is 22. The fourth-order valence-corrected chi connectivity index (χ4v) is 6.90. The van der Waals surface area contributed by atoms with Crippen molar-refractivity contribution >= 4 is 8.17 Å². The Kier molecular flexibility index (Phi) is 16.3. The van der Waals surface area contributed by atoms with E-state index in [0.29, 0.717) is 19.0 Å². The third-order valence-corrected chi connectivity index (χ3v) is 9.80. The topological polar surface area (TPSA) is 94.1 Å². The second-order valence-corrected chi connectivity index (χ2v) is 14.1. The van der Waals surface area contributed by atoms with Crippen LogP contribution in [0.3, 0.4) is 0 Å². The summed E-state index contributed by atoms with van der Waals surface area (Å²) in [6, 6.07) is 39.3. The van der Waals surface area contributed by atoms with Crippen molar-refractivity contribution in [3.05, 3.63) is 138 Å². The Morgan fingerprint density at radius 1 is 0.588 bits per heavy atom. The normalized spacial score (nSPS) is 20.6. The predicted octanol–water partition coefficient (Wildman–Crippen LogP) is 8.87. The molecule has 9 nitrogen and oxygen atoms in total. The van der Waals surface area contributed by atoms with Gasteiger partial charge >= 0.3 is 8.17 Å². The highest BCUT2D eigenvalue weighted by Gasteiger charge is 2.57. The Bertz CT molecular complexity index is 1470. The highest BCUT2D eigenvalue weighted by molar-refractivity contribution is 7.55. The first-order valence-electron chi connectivity index (χ1n) is 18.0. The van der Waals surface area contributed by atoms with E-state index in [4.69, 9.17) is 37.3 Å². The van der Waals surface area contributed by atoms with E-state index < -0.39 is 38.9 Å². The fourth-order valence-electron chi connectivity index (χ4n) is 5.55. The van der Waals surface area contributed by atoms with Gasteiger partial charge < -0.3 is 23.7 Å². The fraction of sp³-hybridized carbons (Fsp3) is 0.415. The second kappa shape index (κ2) is 21.3. The van der Waals surface area contributed by atoms with Gasteiger partial charge in [0.25, 0.3) is 0 Å². The minimum Gasteiger partial charge on any atom is -0.482 e. The summed E-state index contributed by atoms with van der Waals surface area (Å²) >= 11 is 0. The summed E-state index contributed by atoms with van der Waals surface area (Å²) < 4.78 is 51.5. The summed E-state index contributed by atoms with van der Waals surface area (Å²) in [5.74, 6) is 0.578. The van der Waals surface area contributed by atoms with Crippen LogP contribution in [-0.2, 0) is 52.3 Å².